The predicted octanol–water partition coefficient (Wildman–Crippen LogP) is 3.79. The van der Waals surface area contributed by atoms with Crippen LogP contribution >= 0.6 is 0 Å². The highest BCUT2D eigenvalue weighted by Crippen LogP contribution is 2.25. The predicted molar refractivity (Wildman–Crippen MR) is 95.8 cm³/mol. The van der Waals surface area contributed by atoms with E-state index in [-0.39, 0.29) is 17.8 Å². The lowest BCUT2D eigenvalue weighted by molar-refractivity contribution is 0.0944. The van der Waals surface area contributed by atoms with Crippen LogP contribution in [0.2, 0.25) is 0 Å². The summed E-state index contributed by atoms with van der Waals surface area (Å²) in [5.74, 6) is -0.578. The SMILES string of the molecule is CCCn1cc(-c2cc(C(=O)NC(C)C)c3ccc(F)cc3n2)cn1. The monoisotopic (exact) mass is 340 g/mol. The van der Waals surface area contributed by atoms with Crippen molar-refractivity contribution in [2.45, 2.75) is 39.8 Å². The average Bonchev–Trinajstić information content (AvgIpc) is 3.02. The Labute approximate surface area is 145 Å². The quantitative estimate of drug-likeness (QED) is 0.769. The van der Waals surface area contributed by atoms with E-state index in [1.54, 1.807) is 18.3 Å². The Kier molecular flexibility index (Phi) is 4.79. The van der Waals surface area contributed by atoms with Gasteiger partial charge in [-0.1, -0.05) is 6.92 Å². The number of carbonyl (C=O) groups excluding carboxylic acids is 1. The van der Waals surface area contributed by atoms with Crippen molar-refractivity contribution in [3.8, 4) is 11.3 Å². The molecule has 1 N–H and O–H groups in total. The zero-order valence-corrected chi connectivity index (χ0v) is 14.6. The highest BCUT2D eigenvalue weighted by Gasteiger charge is 2.16. The van der Waals surface area contributed by atoms with Crippen LogP contribution in [0.15, 0.2) is 36.7 Å². The van der Waals surface area contributed by atoms with E-state index in [4.69, 9.17) is 0 Å². The fourth-order valence-electron chi connectivity index (χ4n) is 2.72. The number of carbonyl (C=O) groups is 1. The van der Waals surface area contributed by atoms with Crippen LogP contribution in [0.4, 0.5) is 4.39 Å². The Bertz CT molecular complexity index is 917. The molecule has 0 atom stereocenters. The van der Waals surface area contributed by atoms with Crippen molar-refractivity contribution in [1.82, 2.24) is 20.1 Å². The Morgan fingerprint density at radius 1 is 1.32 bits per heavy atom. The normalized spacial score (nSPS) is 11.2. The van der Waals surface area contributed by atoms with E-state index in [1.165, 1.54) is 12.1 Å². The van der Waals surface area contributed by atoms with Crippen LogP contribution in [0.3, 0.4) is 0 Å². The molecule has 0 aliphatic rings. The number of halogens is 1. The molecule has 5 nitrogen and oxygen atoms in total. The molecule has 0 saturated heterocycles. The van der Waals surface area contributed by atoms with Crippen LogP contribution < -0.4 is 5.32 Å². The van der Waals surface area contributed by atoms with Crippen molar-refractivity contribution in [1.29, 1.82) is 0 Å². The van der Waals surface area contributed by atoms with Crippen LogP contribution in [-0.2, 0) is 6.54 Å². The van der Waals surface area contributed by atoms with Crippen molar-refractivity contribution in [2.75, 3.05) is 0 Å². The van der Waals surface area contributed by atoms with E-state index in [9.17, 15) is 9.18 Å². The summed E-state index contributed by atoms with van der Waals surface area (Å²) in [6.07, 6.45) is 4.58. The van der Waals surface area contributed by atoms with Gasteiger partial charge in [-0.05, 0) is 38.5 Å². The molecule has 2 heterocycles. The Balaban J connectivity index is 2.14. The van der Waals surface area contributed by atoms with Crippen LogP contribution in [0.25, 0.3) is 22.2 Å². The smallest absolute Gasteiger partial charge is 0.252 e. The number of amides is 1. The first-order valence-corrected chi connectivity index (χ1v) is 8.42. The Hall–Kier alpha value is -2.76. The Morgan fingerprint density at radius 3 is 2.84 bits per heavy atom. The van der Waals surface area contributed by atoms with Gasteiger partial charge in [0, 0.05) is 35.8 Å². The third-order valence-corrected chi connectivity index (χ3v) is 3.82. The molecule has 2 aromatic heterocycles. The molecule has 0 fully saturated rings. The second-order valence-corrected chi connectivity index (χ2v) is 6.34. The van der Waals surface area contributed by atoms with Crippen LogP contribution in [-0.4, -0.2) is 26.7 Å². The van der Waals surface area contributed by atoms with E-state index in [0.717, 1.165) is 18.5 Å². The van der Waals surface area contributed by atoms with Crippen molar-refractivity contribution in [2.24, 2.45) is 0 Å². The highest BCUT2D eigenvalue weighted by atomic mass is 19.1. The van der Waals surface area contributed by atoms with Crippen molar-refractivity contribution in [3.63, 3.8) is 0 Å². The number of rotatable bonds is 5. The zero-order chi connectivity index (χ0) is 18.0. The van der Waals surface area contributed by atoms with Crippen molar-refractivity contribution < 1.29 is 9.18 Å². The first-order valence-electron chi connectivity index (χ1n) is 8.42. The molecule has 1 aromatic carbocycles. The molecule has 0 spiro atoms. The van der Waals surface area contributed by atoms with Gasteiger partial charge in [-0.3, -0.25) is 9.48 Å². The van der Waals surface area contributed by atoms with Crippen LogP contribution in [0.1, 0.15) is 37.6 Å². The molecule has 25 heavy (non-hydrogen) atoms. The molecule has 1 amide bonds. The molecular weight excluding hydrogens is 319 g/mol. The number of pyridine rings is 1. The zero-order valence-electron chi connectivity index (χ0n) is 14.6. The van der Waals surface area contributed by atoms with Gasteiger partial charge in [0.1, 0.15) is 5.82 Å². The van der Waals surface area contributed by atoms with Gasteiger partial charge >= 0.3 is 0 Å². The van der Waals surface area contributed by atoms with Gasteiger partial charge in [-0.15, -0.1) is 0 Å². The van der Waals surface area contributed by atoms with Gasteiger partial charge in [-0.2, -0.15) is 5.10 Å². The topological polar surface area (TPSA) is 59.8 Å². The molecule has 0 bridgehead atoms. The minimum absolute atomic E-state index is 0.00641. The van der Waals surface area contributed by atoms with Gasteiger partial charge in [0.25, 0.3) is 5.91 Å². The lowest BCUT2D eigenvalue weighted by Gasteiger charge is -2.12. The fourth-order valence-corrected chi connectivity index (χ4v) is 2.72. The molecular formula is C19H21FN4O. The molecule has 3 aromatic rings. The van der Waals surface area contributed by atoms with Gasteiger partial charge in [0.2, 0.25) is 0 Å². The maximum atomic E-state index is 13.7. The molecule has 6 heteroatoms. The van der Waals surface area contributed by atoms with Crippen molar-refractivity contribution >= 4 is 16.8 Å². The summed E-state index contributed by atoms with van der Waals surface area (Å²) in [5, 5.41) is 7.82. The molecule has 0 aliphatic heterocycles. The third-order valence-electron chi connectivity index (χ3n) is 3.82. The van der Waals surface area contributed by atoms with E-state index < -0.39 is 0 Å². The highest BCUT2D eigenvalue weighted by molar-refractivity contribution is 6.07. The second-order valence-electron chi connectivity index (χ2n) is 6.34. The number of hydrogen-bond acceptors (Lipinski definition) is 3. The summed E-state index contributed by atoms with van der Waals surface area (Å²) < 4.78 is 15.5. The maximum Gasteiger partial charge on any atom is 0.252 e. The number of benzene rings is 1. The van der Waals surface area contributed by atoms with E-state index in [0.29, 0.717) is 22.2 Å². The number of fused-ring (bicyclic) bond motifs is 1. The van der Waals surface area contributed by atoms with E-state index in [1.807, 2.05) is 24.7 Å². The minimum Gasteiger partial charge on any atom is -0.350 e. The van der Waals surface area contributed by atoms with Crippen LogP contribution in [0.5, 0.6) is 0 Å². The summed E-state index contributed by atoms with van der Waals surface area (Å²) in [5.41, 5.74) is 2.35. The van der Waals surface area contributed by atoms with Gasteiger partial charge < -0.3 is 5.32 Å². The largest absolute Gasteiger partial charge is 0.350 e. The summed E-state index contributed by atoms with van der Waals surface area (Å²) >= 11 is 0. The molecule has 0 aliphatic carbocycles. The average molecular weight is 340 g/mol. The lowest BCUT2D eigenvalue weighted by atomic mass is 10.0. The van der Waals surface area contributed by atoms with E-state index in [2.05, 4.69) is 22.3 Å². The minimum atomic E-state index is -0.381. The van der Waals surface area contributed by atoms with Gasteiger partial charge in [0.15, 0.2) is 0 Å². The fraction of sp³-hybridized carbons (Fsp3) is 0.316. The van der Waals surface area contributed by atoms with Crippen molar-refractivity contribution in [3.05, 3.63) is 48.0 Å². The summed E-state index contributed by atoms with van der Waals surface area (Å²) in [6.45, 7) is 6.68. The summed E-state index contributed by atoms with van der Waals surface area (Å²) in [7, 11) is 0. The molecule has 0 unspecified atom stereocenters. The number of nitrogens with one attached hydrogen (secondary N) is 1. The molecule has 0 saturated carbocycles. The molecule has 3 rings (SSSR count). The standard InChI is InChI=1S/C19H21FN4O/c1-4-7-24-11-13(10-21-24)17-9-16(19(25)22-12(2)3)15-6-5-14(20)8-18(15)23-17/h5-6,8-12H,4,7H2,1-3H3,(H,22,25). The number of aryl methyl sites for hydroxylation is 1. The molecule has 130 valence electrons. The Morgan fingerprint density at radius 2 is 2.12 bits per heavy atom. The number of hydrogen-bond donors (Lipinski definition) is 1. The maximum absolute atomic E-state index is 13.7. The number of nitrogens with zero attached hydrogens (tertiary/aromatic N) is 3. The summed E-state index contributed by atoms with van der Waals surface area (Å²) in [6, 6.07) is 6.03. The summed E-state index contributed by atoms with van der Waals surface area (Å²) in [4.78, 5) is 17.1. The van der Waals surface area contributed by atoms with Crippen LogP contribution in [0, 0.1) is 5.82 Å². The first-order chi connectivity index (χ1) is 12.0. The van der Waals surface area contributed by atoms with E-state index >= 15 is 0 Å². The van der Waals surface area contributed by atoms with Gasteiger partial charge in [-0.25, -0.2) is 9.37 Å². The first kappa shape index (κ1) is 17.1. The third kappa shape index (κ3) is 3.68. The van der Waals surface area contributed by atoms with Gasteiger partial charge in [0.05, 0.1) is 23.0 Å². The molecule has 0 radical (unpaired) electrons. The number of aromatic nitrogens is 3. The lowest BCUT2D eigenvalue weighted by Crippen LogP contribution is -2.30. The second kappa shape index (κ2) is 7.01.